The number of ether oxygens (including phenoxy) is 2. The molecule has 0 aromatic heterocycles. The van der Waals surface area contributed by atoms with Crippen LogP contribution in [0.2, 0.25) is 0 Å². The highest BCUT2D eigenvalue weighted by atomic mass is 19.1. The first-order chi connectivity index (χ1) is 12.7. The molecule has 0 bridgehead atoms. The average Bonchev–Trinajstić information content (AvgIpc) is 2.70. The highest BCUT2D eigenvalue weighted by Crippen LogP contribution is 2.23. The number of amides is 1. The van der Waals surface area contributed by atoms with Crippen molar-refractivity contribution < 1.29 is 18.7 Å². The Balaban J connectivity index is 1.72. The van der Waals surface area contributed by atoms with Crippen LogP contribution in [0.1, 0.15) is 22.0 Å². The summed E-state index contributed by atoms with van der Waals surface area (Å²) in [5, 5.41) is 2.97. The smallest absolute Gasteiger partial charge is 0.251 e. The van der Waals surface area contributed by atoms with Gasteiger partial charge in [-0.15, -0.1) is 0 Å². The van der Waals surface area contributed by atoms with Crippen LogP contribution in [0.25, 0.3) is 0 Å². The number of nitrogens with one attached hydrogen (secondary N) is 1. The van der Waals surface area contributed by atoms with Gasteiger partial charge in [-0.2, -0.15) is 0 Å². The normalized spacial score (nSPS) is 16.1. The lowest BCUT2D eigenvalue weighted by molar-refractivity contribution is 0.0162. The quantitative estimate of drug-likeness (QED) is 0.863. The highest BCUT2D eigenvalue weighted by molar-refractivity contribution is 5.94. The van der Waals surface area contributed by atoms with Gasteiger partial charge in [0.15, 0.2) is 0 Å². The minimum atomic E-state index is -0.356. The number of benzene rings is 2. The summed E-state index contributed by atoms with van der Waals surface area (Å²) in [6.07, 6.45) is 0. The number of rotatable bonds is 6. The summed E-state index contributed by atoms with van der Waals surface area (Å²) in [5.41, 5.74) is 1.55. The third-order valence-corrected chi connectivity index (χ3v) is 4.55. The van der Waals surface area contributed by atoms with E-state index in [0.29, 0.717) is 25.3 Å². The Labute approximate surface area is 152 Å². The van der Waals surface area contributed by atoms with E-state index in [4.69, 9.17) is 9.47 Å². The van der Waals surface area contributed by atoms with Gasteiger partial charge in [0.05, 0.1) is 26.4 Å². The maximum absolute atomic E-state index is 13.0. The molecule has 5 nitrogen and oxygen atoms in total. The topological polar surface area (TPSA) is 50.8 Å². The molecule has 1 aliphatic heterocycles. The molecular weight excluding hydrogens is 335 g/mol. The van der Waals surface area contributed by atoms with Crippen molar-refractivity contribution in [3.63, 3.8) is 0 Å². The molecule has 1 amide bonds. The molecule has 2 aromatic rings. The number of hydrogen-bond acceptors (Lipinski definition) is 4. The molecule has 26 heavy (non-hydrogen) atoms. The summed E-state index contributed by atoms with van der Waals surface area (Å²) >= 11 is 0. The van der Waals surface area contributed by atoms with Crippen molar-refractivity contribution in [3.8, 4) is 5.75 Å². The summed E-state index contributed by atoms with van der Waals surface area (Å²) < 4.78 is 23.7. The Morgan fingerprint density at radius 1 is 1.15 bits per heavy atom. The molecule has 1 saturated heterocycles. The summed E-state index contributed by atoms with van der Waals surface area (Å²) in [6, 6.07) is 13.5. The molecule has 1 atom stereocenters. The fourth-order valence-corrected chi connectivity index (χ4v) is 3.07. The van der Waals surface area contributed by atoms with Crippen LogP contribution in [0.15, 0.2) is 48.5 Å². The minimum absolute atomic E-state index is 0.0363. The van der Waals surface area contributed by atoms with Gasteiger partial charge in [-0.1, -0.05) is 12.1 Å². The predicted molar refractivity (Wildman–Crippen MR) is 96.9 cm³/mol. The number of hydrogen-bond donors (Lipinski definition) is 1. The molecule has 3 rings (SSSR count). The van der Waals surface area contributed by atoms with Crippen LogP contribution < -0.4 is 10.1 Å². The van der Waals surface area contributed by atoms with Gasteiger partial charge in [0, 0.05) is 25.2 Å². The average molecular weight is 358 g/mol. The van der Waals surface area contributed by atoms with Crippen LogP contribution in [0.4, 0.5) is 4.39 Å². The zero-order chi connectivity index (χ0) is 18.4. The van der Waals surface area contributed by atoms with Crippen molar-refractivity contribution in [2.24, 2.45) is 0 Å². The summed E-state index contributed by atoms with van der Waals surface area (Å²) in [4.78, 5) is 14.7. The van der Waals surface area contributed by atoms with Gasteiger partial charge in [-0.3, -0.25) is 9.69 Å². The molecular formula is C20H23FN2O3. The summed E-state index contributed by atoms with van der Waals surface area (Å²) in [7, 11) is 1.64. The fourth-order valence-electron chi connectivity index (χ4n) is 3.07. The second kappa shape index (κ2) is 8.78. The van der Waals surface area contributed by atoms with Gasteiger partial charge in [0.2, 0.25) is 0 Å². The van der Waals surface area contributed by atoms with Crippen molar-refractivity contribution in [3.05, 3.63) is 65.5 Å². The fraction of sp³-hybridized carbons (Fsp3) is 0.350. The van der Waals surface area contributed by atoms with Crippen LogP contribution >= 0.6 is 0 Å². The number of nitrogens with zero attached hydrogens (tertiary/aromatic N) is 1. The van der Waals surface area contributed by atoms with Crippen molar-refractivity contribution in [2.45, 2.75) is 6.04 Å². The van der Waals surface area contributed by atoms with E-state index in [1.807, 2.05) is 24.3 Å². The maximum Gasteiger partial charge on any atom is 0.251 e. The number of carbonyl (C=O) groups is 1. The SMILES string of the molecule is COc1ccc([C@H](CNC(=O)c2ccc(F)cc2)N2CCOCC2)cc1. The largest absolute Gasteiger partial charge is 0.497 e. The van der Waals surface area contributed by atoms with E-state index >= 15 is 0 Å². The lowest BCUT2D eigenvalue weighted by atomic mass is 10.0. The molecule has 1 fully saturated rings. The molecule has 0 unspecified atom stereocenters. The highest BCUT2D eigenvalue weighted by Gasteiger charge is 2.23. The molecule has 2 aromatic carbocycles. The zero-order valence-electron chi connectivity index (χ0n) is 14.8. The second-order valence-electron chi connectivity index (χ2n) is 6.15. The minimum Gasteiger partial charge on any atom is -0.497 e. The van der Waals surface area contributed by atoms with E-state index in [2.05, 4.69) is 10.2 Å². The lowest BCUT2D eigenvalue weighted by Crippen LogP contribution is -2.43. The zero-order valence-corrected chi connectivity index (χ0v) is 14.8. The lowest BCUT2D eigenvalue weighted by Gasteiger charge is -2.35. The third-order valence-electron chi connectivity index (χ3n) is 4.55. The van der Waals surface area contributed by atoms with Crippen molar-refractivity contribution in [2.75, 3.05) is 40.0 Å². The van der Waals surface area contributed by atoms with Crippen LogP contribution in [-0.4, -0.2) is 50.8 Å². The van der Waals surface area contributed by atoms with Crippen molar-refractivity contribution in [1.82, 2.24) is 10.2 Å². The van der Waals surface area contributed by atoms with Gasteiger partial charge in [-0.05, 0) is 42.0 Å². The van der Waals surface area contributed by atoms with Gasteiger partial charge >= 0.3 is 0 Å². The molecule has 138 valence electrons. The van der Waals surface area contributed by atoms with Gasteiger partial charge in [0.1, 0.15) is 11.6 Å². The molecule has 6 heteroatoms. The van der Waals surface area contributed by atoms with Crippen LogP contribution in [-0.2, 0) is 4.74 Å². The van der Waals surface area contributed by atoms with Crippen LogP contribution in [0.5, 0.6) is 5.75 Å². The van der Waals surface area contributed by atoms with E-state index in [0.717, 1.165) is 24.4 Å². The summed E-state index contributed by atoms with van der Waals surface area (Å²) in [5.74, 6) is 0.229. The van der Waals surface area contributed by atoms with Crippen LogP contribution in [0, 0.1) is 5.82 Å². The number of carbonyl (C=O) groups excluding carboxylic acids is 1. The molecule has 0 saturated carbocycles. The third kappa shape index (κ3) is 4.59. The Morgan fingerprint density at radius 2 is 1.81 bits per heavy atom. The van der Waals surface area contributed by atoms with E-state index in [1.165, 1.54) is 24.3 Å². The van der Waals surface area contributed by atoms with Crippen molar-refractivity contribution >= 4 is 5.91 Å². The Morgan fingerprint density at radius 3 is 2.42 bits per heavy atom. The van der Waals surface area contributed by atoms with Crippen molar-refractivity contribution in [1.29, 1.82) is 0 Å². The van der Waals surface area contributed by atoms with Gasteiger partial charge in [-0.25, -0.2) is 4.39 Å². The number of halogens is 1. The number of morpholine rings is 1. The first-order valence-corrected chi connectivity index (χ1v) is 8.67. The summed E-state index contributed by atoms with van der Waals surface area (Å²) in [6.45, 7) is 3.44. The van der Waals surface area contributed by atoms with Crippen LogP contribution in [0.3, 0.4) is 0 Å². The first kappa shape index (κ1) is 18.4. The van der Waals surface area contributed by atoms with E-state index in [-0.39, 0.29) is 17.8 Å². The van der Waals surface area contributed by atoms with E-state index in [1.54, 1.807) is 7.11 Å². The Bertz CT molecular complexity index is 713. The number of methoxy groups -OCH3 is 1. The molecule has 0 aliphatic carbocycles. The monoisotopic (exact) mass is 358 g/mol. The molecule has 0 radical (unpaired) electrons. The molecule has 1 heterocycles. The predicted octanol–water partition coefficient (Wildman–Crippen LogP) is 2.64. The molecule has 0 spiro atoms. The van der Waals surface area contributed by atoms with Gasteiger partial charge in [0.25, 0.3) is 5.91 Å². The Kier molecular flexibility index (Phi) is 6.20. The molecule has 1 aliphatic rings. The Hall–Kier alpha value is -2.44. The standard InChI is InChI=1S/C20H23FN2O3/c1-25-18-8-4-15(5-9-18)19(23-10-12-26-13-11-23)14-22-20(24)16-2-6-17(21)7-3-16/h2-9,19H,10-14H2,1H3,(H,22,24)/t19-/m0/s1. The molecule has 1 N–H and O–H groups in total. The second-order valence-corrected chi connectivity index (χ2v) is 6.15. The first-order valence-electron chi connectivity index (χ1n) is 8.67. The van der Waals surface area contributed by atoms with E-state index < -0.39 is 0 Å². The van der Waals surface area contributed by atoms with E-state index in [9.17, 15) is 9.18 Å². The maximum atomic E-state index is 13.0. The van der Waals surface area contributed by atoms with Gasteiger partial charge < -0.3 is 14.8 Å².